The van der Waals surface area contributed by atoms with Gasteiger partial charge in [0.1, 0.15) is 6.61 Å². The molecule has 148 valence electrons. The maximum absolute atomic E-state index is 6.26. The highest BCUT2D eigenvalue weighted by Crippen LogP contribution is 2.33. The highest BCUT2D eigenvalue weighted by molar-refractivity contribution is 6.35. The number of rotatable bonds is 12. The zero-order valence-corrected chi connectivity index (χ0v) is 17.4. The van der Waals surface area contributed by atoms with Crippen molar-refractivity contribution in [3.63, 3.8) is 0 Å². The molecule has 0 aliphatic rings. The van der Waals surface area contributed by atoms with E-state index in [4.69, 9.17) is 37.4 Å². The standard InChI is InChI=1S/C21H27Cl2NO3/c1-3-25-12-6-11-24-14-16-7-5-8-20(26-4-2)21(16)27-15-17-9-10-18(22)13-19(17)23/h5,7-10,13,24H,3-4,6,11-12,14-15H2,1-2H3. The van der Waals surface area contributed by atoms with Crippen molar-refractivity contribution in [2.75, 3.05) is 26.4 Å². The van der Waals surface area contributed by atoms with E-state index < -0.39 is 0 Å². The molecular formula is C21H27Cl2NO3. The number of benzene rings is 2. The summed E-state index contributed by atoms with van der Waals surface area (Å²) in [6.07, 6.45) is 0.968. The lowest BCUT2D eigenvalue weighted by molar-refractivity contribution is 0.144. The Kier molecular flexibility index (Phi) is 9.78. The highest BCUT2D eigenvalue weighted by atomic mass is 35.5. The quantitative estimate of drug-likeness (QED) is 0.468. The Morgan fingerprint density at radius 2 is 1.81 bits per heavy atom. The predicted octanol–water partition coefficient (Wildman–Crippen LogP) is 5.49. The molecule has 0 amide bonds. The Morgan fingerprint density at radius 1 is 0.963 bits per heavy atom. The molecule has 2 aromatic rings. The topological polar surface area (TPSA) is 39.7 Å². The normalized spacial score (nSPS) is 10.8. The van der Waals surface area contributed by atoms with Crippen LogP contribution in [0.3, 0.4) is 0 Å². The number of ether oxygens (including phenoxy) is 3. The van der Waals surface area contributed by atoms with Crippen molar-refractivity contribution in [3.8, 4) is 11.5 Å². The summed E-state index contributed by atoms with van der Waals surface area (Å²) in [5, 5.41) is 4.62. The Balaban J connectivity index is 2.04. The summed E-state index contributed by atoms with van der Waals surface area (Å²) in [5.74, 6) is 1.47. The van der Waals surface area contributed by atoms with E-state index in [1.807, 2.05) is 38.1 Å². The number of hydrogen-bond acceptors (Lipinski definition) is 4. The van der Waals surface area contributed by atoms with Gasteiger partial charge in [0.15, 0.2) is 11.5 Å². The van der Waals surface area contributed by atoms with Gasteiger partial charge < -0.3 is 19.5 Å². The molecule has 0 saturated carbocycles. The van der Waals surface area contributed by atoms with Gasteiger partial charge in [0, 0.05) is 40.9 Å². The number of para-hydroxylation sites is 1. The van der Waals surface area contributed by atoms with Crippen LogP contribution in [0.4, 0.5) is 0 Å². The molecule has 0 aliphatic heterocycles. The first kappa shape index (κ1) is 21.8. The first-order valence-corrected chi connectivity index (χ1v) is 10.0. The maximum Gasteiger partial charge on any atom is 0.166 e. The van der Waals surface area contributed by atoms with Gasteiger partial charge in [-0.2, -0.15) is 0 Å². The molecule has 0 spiro atoms. The van der Waals surface area contributed by atoms with Gasteiger partial charge in [-0.1, -0.05) is 41.4 Å². The first-order chi connectivity index (χ1) is 13.2. The minimum absolute atomic E-state index is 0.345. The van der Waals surface area contributed by atoms with Gasteiger partial charge in [0.2, 0.25) is 0 Å². The van der Waals surface area contributed by atoms with Gasteiger partial charge in [-0.25, -0.2) is 0 Å². The Bertz CT molecular complexity index is 710. The summed E-state index contributed by atoms with van der Waals surface area (Å²) in [7, 11) is 0. The lowest BCUT2D eigenvalue weighted by Crippen LogP contribution is -2.17. The smallest absolute Gasteiger partial charge is 0.166 e. The zero-order valence-electron chi connectivity index (χ0n) is 15.9. The molecule has 0 fully saturated rings. The second-order valence-electron chi connectivity index (χ2n) is 5.93. The fourth-order valence-electron chi connectivity index (χ4n) is 2.59. The lowest BCUT2D eigenvalue weighted by atomic mass is 10.1. The van der Waals surface area contributed by atoms with Crippen LogP contribution in [-0.4, -0.2) is 26.4 Å². The van der Waals surface area contributed by atoms with Crippen LogP contribution < -0.4 is 14.8 Å². The largest absolute Gasteiger partial charge is 0.490 e. The molecule has 0 aromatic heterocycles. The summed E-state index contributed by atoms with van der Waals surface area (Å²) in [4.78, 5) is 0. The Hall–Kier alpha value is -1.46. The van der Waals surface area contributed by atoms with Crippen molar-refractivity contribution in [3.05, 3.63) is 57.6 Å². The first-order valence-electron chi connectivity index (χ1n) is 9.25. The predicted molar refractivity (Wildman–Crippen MR) is 111 cm³/mol. The van der Waals surface area contributed by atoms with Crippen LogP contribution in [0, 0.1) is 0 Å². The third-order valence-corrected chi connectivity index (χ3v) is 4.50. The Labute approximate surface area is 171 Å². The highest BCUT2D eigenvalue weighted by Gasteiger charge is 2.12. The second-order valence-corrected chi connectivity index (χ2v) is 6.77. The van der Waals surface area contributed by atoms with Gasteiger partial charge >= 0.3 is 0 Å². The molecule has 0 bridgehead atoms. The molecule has 1 N–H and O–H groups in total. The van der Waals surface area contributed by atoms with Gasteiger partial charge in [-0.05, 0) is 45.0 Å². The molecular weight excluding hydrogens is 385 g/mol. The Morgan fingerprint density at radius 3 is 2.56 bits per heavy atom. The SMILES string of the molecule is CCOCCCNCc1cccc(OCC)c1OCc1ccc(Cl)cc1Cl. The van der Waals surface area contributed by atoms with E-state index in [1.54, 1.807) is 12.1 Å². The van der Waals surface area contributed by atoms with Crippen LogP contribution in [0.1, 0.15) is 31.4 Å². The van der Waals surface area contributed by atoms with Crippen LogP contribution >= 0.6 is 23.2 Å². The molecule has 6 heteroatoms. The maximum atomic E-state index is 6.26. The third kappa shape index (κ3) is 7.23. The van der Waals surface area contributed by atoms with Crippen molar-refractivity contribution >= 4 is 23.2 Å². The van der Waals surface area contributed by atoms with Gasteiger partial charge in [0.25, 0.3) is 0 Å². The second kappa shape index (κ2) is 12.1. The van der Waals surface area contributed by atoms with E-state index in [-0.39, 0.29) is 0 Å². The zero-order chi connectivity index (χ0) is 19.5. The minimum atomic E-state index is 0.345. The van der Waals surface area contributed by atoms with Crippen molar-refractivity contribution in [1.29, 1.82) is 0 Å². The summed E-state index contributed by atoms with van der Waals surface area (Å²) in [6.45, 7) is 7.96. The van der Waals surface area contributed by atoms with Crippen molar-refractivity contribution in [2.24, 2.45) is 0 Å². The van der Waals surface area contributed by atoms with E-state index in [0.29, 0.717) is 29.8 Å². The van der Waals surface area contributed by atoms with Crippen molar-refractivity contribution in [2.45, 2.75) is 33.4 Å². The van der Waals surface area contributed by atoms with Gasteiger partial charge in [0.05, 0.1) is 6.61 Å². The molecule has 0 unspecified atom stereocenters. The van der Waals surface area contributed by atoms with E-state index in [2.05, 4.69) is 5.32 Å². The number of nitrogens with one attached hydrogen (secondary N) is 1. The third-order valence-electron chi connectivity index (χ3n) is 3.91. The summed E-state index contributed by atoms with van der Waals surface area (Å²) < 4.78 is 17.2. The van der Waals surface area contributed by atoms with E-state index >= 15 is 0 Å². The minimum Gasteiger partial charge on any atom is -0.490 e. The molecule has 0 aliphatic carbocycles. The molecule has 2 aromatic carbocycles. The molecule has 0 atom stereocenters. The van der Waals surface area contributed by atoms with Crippen LogP contribution in [-0.2, 0) is 17.9 Å². The summed E-state index contributed by atoms with van der Waals surface area (Å²) >= 11 is 12.2. The number of hydrogen-bond donors (Lipinski definition) is 1. The molecule has 27 heavy (non-hydrogen) atoms. The molecule has 0 saturated heterocycles. The van der Waals surface area contributed by atoms with Crippen LogP contribution in [0.15, 0.2) is 36.4 Å². The summed E-state index contributed by atoms with van der Waals surface area (Å²) in [5.41, 5.74) is 1.92. The van der Waals surface area contributed by atoms with Gasteiger partial charge in [-0.3, -0.25) is 0 Å². The lowest BCUT2D eigenvalue weighted by Gasteiger charge is -2.17. The van der Waals surface area contributed by atoms with Crippen LogP contribution in [0.5, 0.6) is 11.5 Å². The average molecular weight is 412 g/mol. The molecule has 0 heterocycles. The van der Waals surface area contributed by atoms with E-state index in [1.165, 1.54) is 0 Å². The van der Waals surface area contributed by atoms with Gasteiger partial charge in [-0.15, -0.1) is 0 Å². The molecule has 2 rings (SSSR count). The molecule has 0 radical (unpaired) electrons. The average Bonchev–Trinajstić information content (AvgIpc) is 2.65. The fraction of sp³-hybridized carbons (Fsp3) is 0.429. The van der Waals surface area contributed by atoms with E-state index in [9.17, 15) is 0 Å². The molecule has 4 nitrogen and oxygen atoms in total. The summed E-state index contributed by atoms with van der Waals surface area (Å²) in [6, 6.07) is 11.3. The van der Waals surface area contributed by atoms with Crippen LogP contribution in [0.2, 0.25) is 10.0 Å². The van der Waals surface area contributed by atoms with Crippen LogP contribution in [0.25, 0.3) is 0 Å². The van der Waals surface area contributed by atoms with E-state index in [0.717, 1.165) is 48.8 Å². The monoisotopic (exact) mass is 411 g/mol. The fourth-order valence-corrected chi connectivity index (χ4v) is 3.05. The van der Waals surface area contributed by atoms with Crippen molar-refractivity contribution in [1.82, 2.24) is 5.32 Å². The van der Waals surface area contributed by atoms with Crippen molar-refractivity contribution < 1.29 is 14.2 Å². The number of halogens is 2.